The maximum atomic E-state index is 11.3. The zero-order valence-corrected chi connectivity index (χ0v) is 14.2. The van der Waals surface area contributed by atoms with Gasteiger partial charge in [0.1, 0.15) is 0 Å². The van der Waals surface area contributed by atoms with Crippen molar-refractivity contribution in [2.45, 2.75) is 32.0 Å². The van der Waals surface area contributed by atoms with Gasteiger partial charge in [-0.2, -0.15) is 0 Å². The summed E-state index contributed by atoms with van der Waals surface area (Å²) in [4.78, 5) is 21.0. The Balaban J connectivity index is 1.21. The largest absolute Gasteiger partial charge is 0.373 e. The van der Waals surface area contributed by atoms with Crippen LogP contribution in [0.1, 0.15) is 24.8 Å². The smallest absolute Gasteiger partial charge is 0.281 e. The van der Waals surface area contributed by atoms with Crippen molar-refractivity contribution >= 4 is 11.4 Å². The van der Waals surface area contributed by atoms with Gasteiger partial charge in [0.05, 0.1) is 34.2 Å². The molecule has 136 valence electrons. The zero-order valence-electron chi connectivity index (χ0n) is 14.2. The van der Waals surface area contributed by atoms with Crippen molar-refractivity contribution in [2.75, 3.05) is 0 Å². The number of nitrogens with zero attached hydrogens (tertiary/aromatic N) is 2. The Hall–Kier alpha value is -2.02. The predicted molar refractivity (Wildman–Crippen MR) is 90.1 cm³/mol. The predicted octanol–water partition coefficient (Wildman–Crippen LogP) is 3.56. The van der Waals surface area contributed by atoms with Crippen LogP contribution in [0.25, 0.3) is 0 Å². The van der Waals surface area contributed by atoms with Crippen LogP contribution in [0.4, 0.5) is 11.4 Å². The Morgan fingerprint density at radius 3 is 2.35 bits per heavy atom. The molecule has 1 aromatic rings. The van der Waals surface area contributed by atoms with Crippen molar-refractivity contribution in [3.63, 3.8) is 0 Å². The highest BCUT2D eigenvalue weighted by molar-refractivity contribution is 5.48. The molecule has 6 aliphatic carbocycles. The number of hydrogen-bond donors (Lipinski definition) is 0. The molecule has 6 aliphatic rings. The average Bonchev–Trinajstić information content (AvgIpc) is 3.41. The lowest BCUT2D eigenvalue weighted by molar-refractivity contribution is -0.394. The highest BCUT2D eigenvalue weighted by Crippen LogP contribution is 2.82. The molecule has 6 fully saturated rings. The molecule has 7 rings (SSSR count). The lowest BCUT2D eigenvalue weighted by atomic mass is 9.70. The van der Waals surface area contributed by atoms with E-state index in [1.807, 2.05) is 0 Å². The van der Waals surface area contributed by atoms with Crippen LogP contribution in [0, 0.1) is 67.6 Å². The number of benzene rings is 1. The van der Waals surface area contributed by atoms with E-state index >= 15 is 0 Å². The molecule has 0 saturated heterocycles. The topological polar surface area (TPSA) is 95.5 Å². The summed E-state index contributed by atoms with van der Waals surface area (Å²) in [5.41, 5.74) is -0.0378. The van der Waals surface area contributed by atoms with Gasteiger partial charge in [-0.05, 0) is 72.7 Å². The molecule has 0 aliphatic heterocycles. The lowest BCUT2D eigenvalue weighted by Gasteiger charge is -2.38. The van der Waals surface area contributed by atoms with Gasteiger partial charge in [-0.25, -0.2) is 0 Å². The summed E-state index contributed by atoms with van der Waals surface area (Å²) in [5.74, 6) is 7.00. The first-order chi connectivity index (χ1) is 12.6. The summed E-state index contributed by atoms with van der Waals surface area (Å²) in [6, 6.07) is 3.83. The summed E-state index contributed by atoms with van der Waals surface area (Å²) in [6.07, 6.45) is 4.16. The monoisotopic (exact) mass is 356 g/mol. The number of nitro groups is 2. The third-order valence-corrected chi connectivity index (χ3v) is 8.44. The first-order valence-corrected chi connectivity index (χ1v) is 9.59. The van der Waals surface area contributed by atoms with Crippen LogP contribution in [0.5, 0.6) is 0 Å². The molecule has 6 saturated carbocycles. The maximum Gasteiger partial charge on any atom is 0.281 e. The lowest BCUT2D eigenvalue weighted by Crippen LogP contribution is -2.36. The van der Waals surface area contributed by atoms with E-state index in [0.717, 1.165) is 53.9 Å². The summed E-state index contributed by atoms with van der Waals surface area (Å²) in [7, 11) is 0. The molecule has 0 heterocycles. The van der Waals surface area contributed by atoms with Gasteiger partial charge in [0.2, 0.25) is 0 Å². The van der Waals surface area contributed by atoms with E-state index in [1.54, 1.807) is 0 Å². The molecule has 0 unspecified atom stereocenters. The van der Waals surface area contributed by atoms with E-state index in [4.69, 9.17) is 4.74 Å². The van der Waals surface area contributed by atoms with Crippen LogP contribution in [-0.2, 0) is 11.3 Å². The van der Waals surface area contributed by atoms with Crippen LogP contribution >= 0.6 is 0 Å². The third kappa shape index (κ3) is 1.63. The summed E-state index contributed by atoms with van der Waals surface area (Å²) in [6.45, 7) is 0.172. The molecule has 9 atom stereocenters. The second kappa shape index (κ2) is 4.82. The van der Waals surface area contributed by atoms with E-state index in [9.17, 15) is 20.2 Å². The van der Waals surface area contributed by atoms with Crippen LogP contribution in [-0.4, -0.2) is 16.0 Å². The molecule has 0 radical (unpaired) electrons. The SMILES string of the molecule is O=[N+]([O-])c1ccc(CO[C@@H]2C[C@H]3[C@@H]4[C@@H]5CC[C@@H]6[C@@H]5[C@@H]3[C@@H]2[C@@H]64)c([N+](=O)[O-])c1. The van der Waals surface area contributed by atoms with E-state index in [1.165, 1.54) is 25.0 Å². The number of ether oxygens (including phenoxy) is 1. The molecule has 0 N–H and O–H groups in total. The van der Waals surface area contributed by atoms with Gasteiger partial charge in [-0.15, -0.1) is 0 Å². The van der Waals surface area contributed by atoms with Gasteiger partial charge in [-0.1, -0.05) is 0 Å². The molecular weight excluding hydrogens is 336 g/mol. The number of hydrogen-bond acceptors (Lipinski definition) is 5. The van der Waals surface area contributed by atoms with Crippen molar-refractivity contribution in [3.05, 3.63) is 44.0 Å². The van der Waals surface area contributed by atoms with Crippen molar-refractivity contribution < 1.29 is 14.6 Å². The molecule has 8 bridgehead atoms. The fraction of sp³-hybridized carbons (Fsp3) is 0.684. The average molecular weight is 356 g/mol. The molecular formula is C19H20N2O5. The van der Waals surface area contributed by atoms with Crippen LogP contribution in [0.2, 0.25) is 0 Å². The van der Waals surface area contributed by atoms with Gasteiger partial charge in [0.15, 0.2) is 0 Å². The molecule has 7 heteroatoms. The van der Waals surface area contributed by atoms with E-state index in [2.05, 4.69) is 0 Å². The van der Waals surface area contributed by atoms with Crippen molar-refractivity contribution in [1.82, 2.24) is 0 Å². The highest BCUT2D eigenvalue weighted by Gasteiger charge is 2.79. The summed E-state index contributed by atoms with van der Waals surface area (Å²) in [5, 5.41) is 22.2. The Bertz CT molecular complexity index is 833. The first-order valence-electron chi connectivity index (χ1n) is 9.59. The van der Waals surface area contributed by atoms with Gasteiger partial charge >= 0.3 is 0 Å². The number of nitro benzene ring substituents is 2. The fourth-order valence-corrected chi connectivity index (χ4v) is 8.18. The zero-order chi connectivity index (χ0) is 17.7. The third-order valence-electron chi connectivity index (χ3n) is 8.44. The number of rotatable bonds is 5. The summed E-state index contributed by atoms with van der Waals surface area (Å²) < 4.78 is 6.20. The molecule has 26 heavy (non-hydrogen) atoms. The second-order valence-corrected chi connectivity index (χ2v) is 8.87. The van der Waals surface area contributed by atoms with Crippen molar-refractivity contribution in [2.24, 2.45) is 47.3 Å². The summed E-state index contributed by atoms with van der Waals surface area (Å²) >= 11 is 0. The Morgan fingerprint density at radius 1 is 0.923 bits per heavy atom. The van der Waals surface area contributed by atoms with Crippen molar-refractivity contribution in [3.8, 4) is 0 Å². The fourth-order valence-electron chi connectivity index (χ4n) is 8.18. The normalized spacial score (nSPS) is 45.8. The van der Waals surface area contributed by atoms with E-state index < -0.39 is 9.85 Å². The molecule has 0 spiro atoms. The van der Waals surface area contributed by atoms with Crippen LogP contribution in [0.15, 0.2) is 18.2 Å². The minimum atomic E-state index is -0.605. The molecule has 7 nitrogen and oxygen atoms in total. The van der Waals surface area contributed by atoms with Crippen molar-refractivity contribution in [1.29, 1.82) is 0 Å². The Morgan fingerprint density at radius 2 is 1.62 bits per heavy atom. The standard InChI is InChI=1S/C19H20N2O5/c22-20(23)9-2-1-8(13(5-9)21(24)25)7-26-14-6-12-16-10-3-4-11-15(10)18(12)19(14)17(11)16/h1-2,5,10-12,14-19H,3-4,6-7H2/t10-,11-,12+,14-,15-,16+,17+,18-,19+/m1/s1. The molecule has 0 amide bonds. The van der Waals surface area contributed by atoms with Crippen LogP contribution < -0.4 is 0 Å². The van der Waals surface area contributed by atoms with Gasteiger partial charge in [0, 0.05) is 6.07 Å². The Kier molecular flexibility index (Phi) is 2.80. The van der Waals surface area contributed by atoms with Gasteiger partial charge < -0.3 is 4.74 Å². The van der Waals surface area contributed by atoms with Gasteiger partial charge in [0.25, 0.3) is 11.4 Å². The van der Waals surface area contributed by atoms with Crippen LogP contribution in [0.3, 0.4) is 0 Å². The molecule has 0 aromatic heterocycles. The quantitative estimate of drug-likeness (QED) is 0.594. The van der Waals surface area contributed by atoms with Gasteiger partial charge in [-0.3, -0.25) is 20.2 Å². The molecule has 1 aromatic carbocycles. The minimum absolute atomic E-state index is 0.172. The highest BCUT2D eigenvalue weighted by atomic mass is 16.6. The Labute approximate surface area is 150 Å². The maximum absolute atomic E-state index is 11.3. The second-order valence-electron chi connectivity index (χ2n) is 8.87. The van der Waals surface area contributed by atoms with E-state index in [-0.39, 0.29) is 24.1 Å². The van der Waals surface area contributed by atoms with E-state index in [0.29, 0.717) is 11.5 Å². The number of non-ortho nitro benzene ring substituents is 1. The minimum Gasteiger partial charge on any atom is -0.373 e. The first kappa shape index (κ1) is 15.1.